The van der Waals surface area contributed by atoms with E-state index in [1.807, 2.05) is 45.8 Å². The van der Waals surface area contributed by atoms with Crippen molar-refractivity contribution in [3.63, 3.8) is 0 Å². The summed E-state index contributed by atoms with van der Waals surface area (Å²) in [5, 5.41) is 74.7. The topological polar surface area (TPSA) is 267 Å². The van der Waals surface area contributed by atoms with E-state index in [0.29, 0.717) is 66.1 Å². The van der Waals surface area contributed by atoms with Crippen molar-refractivity contribution < 1.29 is 39.5 Å². The molecule has 0 bridgehead atoms. The minimum Gasteiger partial charge on any atom is -0.489 e. The van der Waals surface area contributed by atoms with Gasteiger partial charge in [0.2, 0.25) is 0 Å². The van der Waals surface area contributed by atoms with Crippen LogP contribution in [0.1, 0.15) is 44.5 Å². The molecular weight excluding hydrogens is 940 g/mol. The number of hydrogen-bond acceptors (Lipinski definition) is 14. The number of halogens is 2. The molecule has 354 valence electrons. The molecule has 0 radical (unpaired) electrons. The Bertz CT molecular complexity index is 3110. The van der Waals surface area contributed by atoms with Crippen LogP contribution in [0.4, 0.5) is 0 Å². The molecule has 0 saturated heterocycles. The number of aliphatic hydroxyl groups excluding tert-OH is 2. The minimum absolute atomic E-state index is 0.0210. The molecule has 0 aliphatic heterocycles. The van der Waals surface area contributed by atoms with Crippen LogP contribution in [0.5, 0.6) is 11.5 Å². The van der Waals surface area contributed by atoms with Gasteiger partial charge in [0.1, 0.15) is 48.9 Å². The van der Waals surface area contributed by atoms with Crippen LogP contribution >= 0.6 is 23.2 Å². The Morgan fingerprint density at radius 3 is 1.43 bits per heavy atom. The van der Waals surface area contributed by atoms with Gasteiger partial charge in [-0.15, -0.1) is 0 Å². The average molecular weight is 982 g/mol. The van der Waals surface area contributed by atoms with E-state index >= 15 is 0 Å². The van der Waals surface area contributed by atoms with Crippen molar-refractivity contribution in [3.8, 4) is 34.8 Å². The van der Waals surface area contributed by atoms with E-state index in [9.17, 15) is 40.5 Å². The molecule has 18 nitrogen and oxygen atoms in total. The van der Waals surface area contributed by atoms with Gasteiger partial charge in [-0.25, -0.2) is 0 Å². The summed E-state index contributed by atoms with van der Waals surface area (Å²) >= 11 is 13.8. The first-order valence-corrected chi connectivity index (χ1v) is 22.3. The highest BCUT2D eigenvalue weighted by atomic mass is 35.5. The molecule has 4 aromatic carbocycles. The quantitative estimate of drug-likeness (QED) is 0.0467. The smallest absolute Gasteiger partial charge is 0.323 e. The summed E-state index contributed by atoms with van der Waals surface area (Å²) in [5.74, 6) is -1.62. The molecule has 6 N–H and O–H groups in total. The third kappa shape index (κ3) is 11.0. The van der Waals surface area contributed by atoms with Crippen LogP contribution in [0, 0.1) is 22.7 Å². The SMILES string of the molecule is N#Cc1cncc(COc2cc(Cn3ncc4c(-c5cccc6c5cnn6Cc5cc(OCc6cncc(C#N)c6)c(CN[C@@H](CO)C(=O)O)cc5Cl)cccc43)c(Cl)cc2CN[C@@H](CO)C(=O)O)c1. The Kier molecular flexibility index (Phi) is 15.2. The number of ether oxygens (including phenoxy) is 2. The summed E-state index contributed by atoms with van der Waals surface area (Å²) in [5.41, 5.74) is 7.89. The van der Waals surface area contributed by atoms with Crippen molar-refractivity contribution in [1.29, 1.82) is 10.5 Å². The summed E-state index contributed by atoms with van der Waals surface area (Å²) in [7, 11) is 0. The third-order valence-corrected chi connectivity index (χ3v) is 12.1. The highest BCUT2D eigenvalue weighted by Gasteiger charge is 2.21. The number of benzene rings is 4. The maximum Gasteiger partial charge on any atom is 0.323 e. The number of carboxylic acid groups (broad SMARTS) is 2. The standard InChI is InChI=1S/C50H42Cl2N10O8/c51-41-9-33(19-57-43(25-63)49(65)66)47(69-27-31-7-29(13-53)15-55-17-31)11-35(41)23-61-45-5-1-3-37(39(45)21-59-61)38-4-2-6-46-40(38)22-60-62(46)24-36-12-48(70-28-32-8-30(14-54)16-56-18-32)34(10-42(36)52)20-58-44(26-64)50(67)68/h1-12,15-18,21-22,43-44,57-58,63-64H,19-20,23-28H2,(H,65,66)(H,67,68)/t43-,44-/m0/s1. The summed E-state index contributed by atoms with van der Waals surface area (Å²) in [6, 6.07) is 23.8. The number of nitriles is 2. The van der Waals surface area contributed by atoms with Crippen LogP contribution in [-0.2, 0) is 49.0 Å². The molecule has 0 fully saturated rings. The number of fused-ring (bicyclic) bond motifs is 2. The van der Waals surface area contributed by atoms with Gasteiger partial charge >= 0.3 is 11.9 Å². The number of nitrogens with zero attached hydrogens (tertiary/aromatic N) is 8. The zero-order valence-corrected chi connectivity index (χ0v) is 38.5. The lowest BCUT2D eigenvalue weighted by Crippen LogP contribution is -2.39. The van der Waals surface area contributed by atoms with Crippen molar-refractivity contribution in [3.05, 3.63) is 165 Å². The molecule has 4 heterocycles. The Labute approximate surface area is 409 Å². The predicted octanol–water partition coefficient (Wildman–Crippen LogP) is 6.22. The monoisotopic (exact) mass is 980 g/mol. The Hall–Kier alpha value is -7.94. The van der Waals surface area contributed by atoms with Gasteiger partial charge in [-0.3, -0.25) is 39.6 Å². The van der Waals surface area contributed by atoms with Crippen LogP contribution in [0.2, 0.25) is 10.0 Å². The van der Waals surface area contributed by atoms with Crippen molar-refractivity contribution in [1.82, 2.24) is 40.2 Å². The second-order valence-electron chi connectivity index (χ2n) is 16.1. The van der Waals surface area contributed by atoms with Gasteiger partial charge in [-0.05, 0) is 70.8 Å². The van der Waals surface area contributed by atoms with E-state index in [1.165, 1.54) is 12.4 Å². The van der Waals surface area contributed by atoms with Crippen molar-refractivity contribution in [2.75, 3.05) is 13.2 Å². The highest BCUT2D eigenvalue weighted by molar-refractivity contribution is 6.31. The number of carbonyl (C=O) groups is 2. The fraction of sp³-hybridized carbons (Fsp3) is 0.200. The normalized spacial score (nSPS) is 12.1. The van der Waals surface area contributed by atoms with Crippen molar-refractivity contribution in [2.45, 2.75) is 51.5 Å². The lowest BCUT2D eigenvalue weighted by molar-refractivity contribution is -0.141. The molecule has 0 unspecified atom stereocenters. The first kappa shape index (κ1) is 48.5. The van der Waals surface area contributed by atoms with Crippen molar-refractivity contribution >= 4 is 56.9 Å². The van der Waals surface area contributed by atoms with Crippen LogP contribution < -0.4 is 20.1 Å². The number of aliphatic hydroxyl groups is 2. The molecule has 0 amide bonds. The number of pyridine rings is 2. The van der Waals surface area contributed by atoms with Gasteiger partial charge in [0.15, 0.2) is 0 Å². The fourth-order valence-electron chi connectivity index (χ4n) is 7.82. The molecular formula is C50H42Cl2N10O8. The van der Waals surface area contributed by atoms with Crippen molar-refractivity contribution in [2.24, 2.45) is 0 Å². The number of aromatic nitrogens is 6. The zero-order valence-electron chi connectivity index (χ0n) is 37.0. The summed E-state index contributed by atoms with van der Waals surface area (Å²) in [6.07, 6.45) is 9.65. The van der Waals surface area contributed by atoms with Gasteiger partial charge < -0.3 is 29.9 Å². The number of nitrogens with one attached hydrogen (secondary N) is 2. The second-order valence-corrected chi connectivity index (χ2v) is 16.9. The highest BCUT2D eigenvalue weighted by Crippen LogP contribution is 2.36. The molecule has 0 aliphatic rings. The molecule has 0 aliphatic carbocycles. The number of aliphatic carboxylic acids is 2. The number of hydrogen-bond donors (Lipinski definition) is 6. The summed E-state index contributed by atoms with van der Waals surface area (Å²) < 4.78 is 16.1. The number of rotatable bonds is 21. The van der Waals surface area contributed by atoms with Gasteiger partial charge in [0.25, 0.3) is 0 Å². The zero-order chi connectivity index (χ0) is 49.3. The molecule has 4 aromatic heterocycles. The Morgan fingerprint density at radius 2 is 1.04 bits per heavy atom. The van der Waals surface area contributed by atoms with Crippen LogP contribution in [0.3, 0.4) is 0 Å². The minimum atomic E-state index is -1.22. The molecule has 8 rings (SSSR count). The van der Waals surface area contributed by atoms with E-state index < -0.39 is 37.2 Å². The van der Waals surface area contributed by atoms with Gasteiger partial charge in [0.05, 0.1) is 60.9 Å². The van der Waals surface area contributed by atoms with Crippen LogP contribution in [0.25, 0.3) is 32.9 Å². The van der Waals surface area contributed by atoms with Gasteiger partial charge in [-0.2, -0.15) is 20.7 Å². The maximum atomic E-state index is 11.7. The fourth-order valence-corrected chi connectivity index (χ4v) is 8.31. The average Bonchev–Trinajstić information content (AvgIpc) is 3.98. The van der Waals surface area contributed by atoms with E-state index in [4.69, 9.17) is 42.9 Å². The van der Waals surface area contributed by atoms with Gasteiger partial charge in [0, 0.05) is 80.9 Å². The Morgan fingerprint density at radius 1 is 0.614 bits per heavy atom. The first-order valence-electron chi connectivity index (χ1n) is 21.6. The molecule has 0 spiro atoms. The van der Waals surface area contributed by atoms with Crippen LogP contribution in [0.15, 0.2) is 110 Å². The van der Waals surface area contributed by atoms with E-state index in [1.54, 1.807) is 61.2 Å². The molecule has 2 atom stereocenters. The van der Waals surface area contributed by atoms with E-state index in [-0.39, 0.29) is 39.4 Å². The summed E-state index contributed by atoms with van der Waals surface area (Å²) in [6.45, 7) is -0.606. The molecule has 20 heteroatoms. The summed E-state index contributed by atoms with van der Waals surface area (Å²) in [4.78, 5) is 31.5. The Balaban J connectivity index is 1.07. The number of carboxylic acids is 2. The predicted molar refractivity (Wildman–Crippen MR) is 257 cm³/mol. The molecule has 0 saturated carbocycles. The van der Waals surface area contributed by atoms with E-state index in [0.717, 1.165) is 32.9 Å². The largest absolute Gasteiger partial charge is 0.489 e. The lowest BCUT2D eigenvalue weighted by atomic mass is 9.99. The second kappa shape index (κ2) is 22.0. The molecule has 70 heavy (non-hydrogen) atoms. The van der Waals surface area contributed by atoms with E-state index in [2.05, 4.69) is 32.7 Å². The first-order chi connectivity index (χ1) is 34.0. The lowest BCUT2D eigenvalue weighted by Gasteiger charge is -2.18. The van der Waals surface area contributed by atoms with Gasteiger partial charge in [-0.1, -0.05) is 47.5 Å². The third-order valence-electron chi connectivity index (χ3n) is 11.4. The maximum absolute atomic E-state index is 11.7. The van der Waals surface area contributed by atoms with Crippen LogP contribution in [-0.4, -0.2) is 87.2 Å². The molecule has 8 aromatic rings.